The lowest BCUT2D eigenvalue weighted by Crippen LogP contribution is -2.29. The second-order valence-electron chi connectivity index (χ2n) is 3.63. The van der Waals surface area contributed by atoms with Crippen LogP contribution in [0, 0.1) is 5.82 Å². The van der Waals surface area contributed by atoms with E-state index in [9.17, 15) is 9.18 Å². The number of Topliss-reactive ketones (excluding diaryl/α,β-unsaturated/α-hetero) is 1. The molecule has 100 valence electrons. The maximum atomic E-state index is 13.2. The molecule has 0 amide bonds. The molecule has 3 nitrogen and oxygen atoms in total. The summed E-state index contributed by atoms with van der Waals surface area (Å²) in [5.74, 6) is -0.772. The highest BCUT2D eigenvalue weighted by molar-refractivity contribution is 6.30. The first-order valence-corrected chi connectivity index (χ1v) is 6.16. The van der Waals surface area contributed by atoms with Gasteiger partial charge in [0.05, 0.1) is 5.02 Å². The number of carbonyl (C=O) groups is 1. The molecule has 5 heteroatoms. The number of ketones is 1. The second kappa shape index (κ2) is 7.46. The van der Waals surface area contributed by atoms with Crippen LogP contribution in [0.5, 0.6) is 0 Å². The van der Waals surface area contributed by atoms with Gasteiger partial charge < -0.3 is 9.47 Å². The second-order valence-corrected chi connectivity index (χ2v) is 4.04. The van der Waals surface area contributed by atoms with Gasteiger partial charge in [0, 0.05) is 19.6 Å². The number of rotatable bonds is 7. The van der Waals surface area contributed by atoms with Gasteiger partial charge in [-0.1, -0.05) is 17.7 Å². The summed E-state index contributed by atoms with van der Waals surface area (Å²) in [4.78, 5) is 11.9. The number of halogens is 2. The van der Waals surface area contributed by atoms with Gasteiger partial charge >= 0.3 is 0 Å². The fraction of sp³-hybridized carbons (Fsp3) is 0.462. The summed E-state index contributed by atoms with van der Waals surface area (Å²) in [7, 11) is 0. The summed E-state index contributed by atoms with van der Waals surface area (Å²) in [6, 6.07) is 4.28. The van der Waals surface area contributed by atoms with Crippen molar-refractivity contribution in [3.05, 3.63) is 34.6 Å². The molecule has 0 aliphatic rings. The zero-order valence-corrected chi connectivity index (χ0v) is 11.2. The van der Waals surface area contributed by atoms with Crippen molar-refractivity contribution in [2.45, 2.75) is 26.6 Å². The average molecular weight is 275 g/mol. The monoisotopic (exact) mass is 274 g/mol. The lowest BCUT2D eigenvalue weighted by Gasteiger charge is -2.15. The molecule has 0 atom stereocenters. The molecular weight excluding hydrogens is 259 g/mol. The molecule has 18 heavy (non-hydrogen) atoms. The molecule has 0 bridgehead atoms. The van der Waals surface area contributed by atoms with E-state index in [4.69, 9.17) is 21.1 Å². The number of hydrogen-bond acceptors (Lipinski definition) is 3. The third-order valence-electron chi connectivity index (χ3n) is 2.26. The molecule has 0 spiro atoms. The van der Waals surface area contributed by atoms with E-state index in [1.54, 1.807) is 19.9 Å². The van der Waals surface area contributed by atoms with Gasteiger partial charge in [-0.05, 0) is 31.5 Å². The molecule has 0 aliphatic heterocycles. The van der Waals surface area contributed by atoms with Gasteiger partial charge in [0.1, 0.15) is 5.82 Å². The first kappa shape index (κ1) is 15.1. The summed E-state index contributed by atoms with van der Waals surface area (Å²) < 4.78 is 23.6. The fourth-order valence-electron chi connectivity index (χ4n) is 1.47. The Morgan fingerprint density at radius 2 is 1.94 bits per heavy atom. The van der Waals surface area contributed by atoms with Crippen molar-refractivity contribution in [3.63, 3.8) is 0 Å². The normalized spacial score (nSPS) is 10.9. The molecular formula is C13H16ClFO3. The molecule has 0 aromatic heterocycles. The van der Waals surface area contributed by atoms with Crippen LogP contribution in [0.15, 0.2) is 18.2 Å². The third-order valence-corrected chi connectivity index (χ3v) is 2.57. The summed E-state index contributed by atoms with van der Waals surface area (Å²) in [6.07, 6.45) is -0.836. The third kappa shape index (κ3) is 4.37. The molecule has 0 aliphatic carbocycles. The SMILES string of the molecule is CCOC(OCC)C(=O)Cc1ccc(Cl)c(F)c1. The van der Waals surface area contributed by atoms with E-state index in [0.717, 1.165) is 0 Å². The van der Waals surface area contributed by atoms with Gasteiger partial charge in [-0.15, -0.1) is 0 Å². The summed E-state index contributed by atoms with van der Waals surface area (Å²) in [5.41, 5.74) is 0.548. The number of carbonyl (C=O) groups excluding carboxylic acids is 1. The van der Waals surface area contributed by atoms with E-state index in [-0.39, 0.29) is 17.2 Å². The van der Waals surface area contributed by atoms with Crippen molar-refractivity contribution in [1.29, 1.82) is 0 Å². The Labute approximate surface area is 111 Å². The van der Waals surface area contributed by atoms with Crippen molar-refractivity contribution in [1.82, 2.24) is 0 Å². The van der Waals surface area contributed by atoms with Gasteiger partial charge in [-0.2, -0.15) is 0 Å². The summed E-state index contributed by atoms with van der Waals surface area (Å²) >= 11 is 5.57. The first-order chi connectivity index (χ1) is 8.58. The van der Waals surface area contributed by atoms with E-state index < -0.39 is 12.1 Å². The zero-order chi connectivity index (χ0) is 13.5. The van der Waals surface area contributed by atoms with E-state index in [1.807, 2.05) is 0 Å². The standard InChI is InChI=1S/C13H16ClFO3/c1-3-17-13(18-4-2)12(16)8-9-5-6-10(14)11(15)7-9/h5-7,13H,3-4,8H2,1-2H3. The maximum absolute atomic E-state index is 13.2. The Kier molecular flexibility index (Phi) is 6.25. The number of benzene rings is 1. The van der Waals surface area contributed by atoms with E-state index in [1.165, 1.54) is 12.1 Å². The lowest BCUT2D eigenvalue weighted by molar-refractivity contribution is -0.167. The van der Waals surface area contributed by atoms with Gasteiger partial charge in [0.15, 0.2) is 5.78 Å². The Morgan fingerprint density at radius 3 is 2.44 bits per heavy atom. The molecule has 0 unspecified atom stereocenters. The van der Waals surface area contributed by atoms with Crippen molar-refractivity contribution >= 4 is 17.4 Å². The van der Waals surface area contributed by atoms with Crippen molar-refractivity contribution in [2.75, 3.05) is 13.2 Å². The Bertz CT molecular complexity index is 403. The topological polar surface area (TPSA) is 35.5 Å². The van der Waals surface area contributed by atoms with Crippen molar-refractivity contribution < 1.29 is 18.7 Å². The largest absolute Gasteiger partial charge is 0.346 e. The predicted molar refractivity (Wildman–Crippen MR) is 67.2 cm³/mol. The van der Waals surface area contributed by atoms with Crippen LogP contribution >= 0.6 is 11.6 Å². The highest BCUT2D eigenvalue weighted by Gasteiger charge is 2.19. The van der Waals surface area contributed by atoms with Crippen molar-refractivity contribution in [2.24, 2.45) is 0 Å². The van der Waals surface area contributed by atoms with Crippen molar-refractivity contribution in [3.8, 4) is 0 Å². The van der Waals surface area contributed by atoms with Crippen LogP contribution < -0.4 is 0 Å². The van der Waals surface area contributed by atoms with Crippen LogP contribution in [-0.4, -0.2) is 25.3 Å². The first-order valence-electron chi connectivity index (χ1n) is 5.78. The van der Waals surface area contributed by atoms with Crippen LogP contribution in [0.4, 0.5) is 4.39 Å². The number of hydrogen-bond donors (Lipinski definition) is 0. The van der Waals surface area contributed by atoms with Gasteiger partial charge in [0.25, 0.3) is 0 Å². The van der Waals surface area contributed by atoms with Crippen LogP contribution in [0.2, 0.25) is 5.02 Å². The highest BCUT2D eigenvalue weighted by atomic mass is 35.5. The average Bonchev–Trinajstić information content (AvgIpc) is 2.33. The highest BCUT2D eigenvalue weighted by Crippen LogP contribution is 2.16. The van der Waals surface area contributed by atoms with Crippen LogP contribution in [0.25, 0.3) is 0 Å². The Balaban J connectivity index is 2.69. The van der Waals surface area contributed by atoms with Crippen LogP contribution in [0.1, 0.15) is 19.4 Å². The molecule has 1 aromatic carbocycles. The smallest absolute Gasteiger partial charge is 0.218 e. The van der Waals surface area contributed by atoms with Gasteiger partial charge in [0.2, 0.25) is 6.29 Å². The maximum Gasteiger partial charge on any atom is 0.218 e. The fourth-order valence-corrected chi connectivity index (χ4v) is 1.59. The zero-order valence-electron chi connectivity index (χ0n) is 10.4. The summed E-state index contributed by atoms with van der Waals surface area (Å²) in [6.45, 7) is 4.32. The van der Waals surface area contributed by atoms with E-state index >= 15 is 0 Å². The molecule has 1 aromatic rings. The predicted octanol–water partition coefficient (Wildman–Crippen LogP) is 2.99. The van der Waals surface area contributed by atoms with Gasteiger partial charge in [-0.3, -0.25) is 4.79 Å². The molecule has 0 fully saturated rings. The molecule has 0 saturated heterocycles. The van der Waals surface area contributed by atoms with Gasteiger partial charge in [-0.25, -0.2) is 4.39 Å². The molecule has 1 rings (SSSR count). The lowest BCUT2D eigenvalue weighted by atomic mass is 10.1. The van der Waals surface area contributed by atoms with Crippen LogP contribution in [-0.2, 0) is 20.7 Å². The van der Waals surface area contributed by atoms with E-state index in [0.29, 0.717) is 18.8 Å². The quantitative estimate of drug-likeness (QED) is 0.717. The minimum atomic E-state index is -0.890. The number of ether oxygens (including phenoxy) is 2. The molecule has 0 saturated carbocycles. The Hall–Kier alpha value is -0.970. The molecule has 0 radical (unpaired) electrons. The Morgan fingerprint density at radius 1 is 1.33 bits per heavy atom. The van der Waals surface area contributed by atoms with E-state index in [2.05, 4.69) is 0 Å². The van der Waals surface area contributed by atoms with Crippen LogP contribution in [0.3, 0.4) is 0 Å². The molecule has 0 N–H and O–H groups in total. The molecule has 0 heterocycles. The minimum Gasteiger partial charge on any atom is -0.346 e. The minimum absolute atomic E-state index is 0.0392. The summed E-state index contributed by atoms with van der Waals surface area (Å²) in [5, 5.41) is 0.0392.